The summed E-state index contributed by atoms with van der Waals surface area (Å²) in [6.07, 6.45) is 0.649. The molecule has 0 aliphatic heterocycles. The number of hydrogen-bond donors (Lipinski definition) is 1. The molecule has 0 atom stereocenters. The molecular formula is C16H18N2O5S. The van der Waals surface area contributed by atoms with Crippen molar-refractivity contribution in [1.82, 2.24) is 10.5 Å². The first-order chi connectivity index (χ1) is 11.4. The summed E-state index contributed by atoms with van der Waals surface area (Å²) in [6.45, 7) is 4.88. The molecule has 24 heavy (non-hydrogen) atoms. The van der Waals surface area contributed by atoms with E-state index in [1.807, 2.05) is 6.07 Å². The van der Waals surface area contributed by atoms with Crippen molar-refractivity contribution >= 4 is 29.0 Å². The van der Waals surface area contributed by atoms with Gasteiger partial charge in [0.1, 0.15) is 11.3 Å². The highest BCUT2D eigenvalue weighted by atomic mass is 32.1. The van der Waals surface area contributed by atoms with Crippen LogP contribution in [-0.4, -0.2) is 36.0 Å². The third-order valence-corrected chi connectivity index (χ3v) is 4.44. The molecule has 2 heterocycles. The molecule has 0 aromatic carbocycles. The Morgan fingerprint density at radius 1 is 1.29 bits per heavy atom. The predicted octanol–water partition coefficient (Wildman–Crippen LogP) is 2.07. The van der Waals surface area contributed by atoms with E-state index in [1.54, 1.807) is 19.9 Å². The molecule has 0 unspecified atom stereocenters. The largest absolute Gasteiger partial charge is 0.454 e. The Morgan fingerprint density at radius 2 is 2.04 bits per heavy atom. The molecule has 2 aromatic heterocycles. The van der Waals surface area contributed by atoms with Gasteiger partial charge in [-0.15, -0.1) is 11.3 Å². The van der Waals surface area contributed by atoms with Gasteiger partial charge in [0, 0.05) is 18.3 Å². The van der Waals surface area contributed by atoms with Crippen LogP contribution in [0.4, 0.5) is 0 Å². The number of aromatic nitrogens is 1. The lowest BCUT2D eigenvalue weighted by atomic mass is 10.2. The number of hydrogen-bond acceptors (Lipinski definition) is 7. The summed E-state index contributed by atoms with van der Waals surface area (Å²) >= 11 is 1.33. The molecule has 0 aliphatic carbocycles. The van der Waals surface area contributed by atoms with Gasteiger partial charge in [0.25, 0.3) is 0 Å². The van der Waals surface area contributed by atoms with Gasteiger partial charge < -0.3 is 14.6 Å². The molecule has 2 rings (SSSR count). The van der Waals surface area contributed by atoms with Crippen molar-refractivity contribution in [2.24, 2.45) is 0 Å². The Labute approximate surface area is 143 Å². The lowest BCUT2D eigenvalue weighted by Gasteiger charge is -2.02. The number of amides is 1. The van der Waals surface area contributed by atoms with Gasteiger partial charge in [-0.25, -0.2) is 4.79 Å². The van der Waals surface area contributed by atoms with Crippen molar-refractivity contribution in [3.63, 3.8) is 0 Å². The maximum Gasteiger partial charge on any atom is 0.344 e. The smallest absolute Gasteiger partial charge is 0.344 e. The summed E-state index contributed by atoms with van der Waals surface area (Å²) in [4.78, 5) is 36.4. The van der Waals surface area contributed by atoms with E-state index >= 15 is 0 Å². The number of nitrogens with zero attached hydrogens (tertiary/aromatic N) is 1. The fourth-order valence-corrected chi connectivity index (χ4v) is 3.00. The second-order valence-corrected chi connectivity index (χ2v) is 6.37. The second-order valence-electron chi connectivity index (χ2n) is 5.20. The molecule has 1 amide bonds. The highest BCUT2D eigenvalue weighted by molar-refractivity contribution is 7.14. The Kier molecular flexibility index (Phi) is 5.86. The van der Waals surface area contributed by atoms with E-state index in [0.717, 1.165) is 4.88 Å². The lowest BCUT2D eigenvalue weighted by molar-refractivity contribution is -0.118. The molecule has 7 nitrogen and oxygen atoms in total. The van der Waals surface area contributed by atoms with Crippen molar-refractivity contribution in [3.8, 4) is 0 Å². The number of esters is 1. The number of carbonyl (C=O) groups is 3. The number of nitrogens with one attached hydrogen (secondary N) is 1. The van der Waals surface area contributed by atoms with Gasteiger partial charge in [-0.05, 0) is 32.4 Å². The fourth-order valence-electron chi connectivity index (χ4n) is 2.07. The van der Waals surface area contributed by atoms with Gasteiger partial charge in [0.2, 0.25) is 11.7 Å². The SMILES string of the molecule is CC(=O)NCCc1ccc(C(=O)COC(=O)c2c(C)noc2C)s1. The summed E-state index contributed by atoms with van der Waals surface area (Å²) in [7, 11) is 0. The van der Waals surface area contributed by atoms with E-state index in [0.29, 0.717) is 29.3 Å². The quantitative estimate of drug-likeness (QED) is 0.606. The summed E-state index contributed by atoms with van der Waals surface area (Å²) in [5, 5.41) is 6.38. The third-order valence-electron chi connectivity index (χ3n) is 3.25. The van der Waals surface area contributed by atoms with Crippen LogP contribution in [0.15, 0.2) is 16.7 Å². The molecule has 0 aliphatic rings. The zero-order valence-corrected chi connectivity index (χ0v) is 14.5. The topological polar surface area (TPSA) is 98.5 Å². The third kappa shape index (κ3) is 4.51. The van der Waals surface area contributed by atoms with Crippen molar-refractivity contribution in [3.05, 3.63) is 38.9 Å². The van der Waals surface area contributed by atoms with E-state index in [1.165, 1.54) is 18.3 Å². The Hall–Kier alpha value is -2.48. The first-order valence-corrected chi connectivity index (χ1v) is 8.16. The van der Waals surface area contributed by atoms with Gasteiger partial charge in [-0.2, -0.15) is 0 Å². The highest BCUT2D eigenvalue weighted by Gasteiger charge is 2.20. The van der Waals surface area contributed by atoms with Crippen LogP contribution in [0, 0.1) is 13.8 Å². The van der Waals surface area contributed by atoms with Crippen LogP contribution in [0.1, 0.15) is 43.3 Å². The van der Waals surface area contributed by atoms with Crippen molar-refractivity contribution in [1.29, 1.82) is 0 Å². The first kappa shape index (κ1) is 17.9. The van der Waals surface area contributed by atoms with Gasteiger partial charge in [-0.3, -0.25) is 9.59 Å². The first-order valence-electron chi connectivity index (χ1n) is 7.35. The molecule has 128 valence electrons. The second kappa shape index (κ2) is 7.87. The van der Waals surface area contributed by atoms with Crippen molar-refractivity contribution in [2.45, 2.75) is 27.2 Å². The van der Waals surface area contributed by atoms with Gasteiger partial charge in [-0.1, -0.05) is 5.16 Å². The fraction of sp³-hybridized carbons (Fsp3) is 0.375. The van der Waals surface area contributed by atoms with E-state index in [4.69, 9.17) is 9.26 Å². The number of thiophene rings is 1. The molecule has 0 spiro atoms. The Morgan fingerprint density at radius 3 is 2.67 bits per heavy atom. The van der Waals surface area contributed by atoms with Gasteiger partial charge in [0.15, 0.2) is 6.61 Å². The average Bonchev–Trinajstić information content (AvgIpc) is 3.11. The van der Waals surface area contributed by atoms with Crippen molar-refractivity contribution < 1.29 is 23.6 Å². The number of carbonyl (C=O) groups excluding carboxylic acids is 3. The van der Waals surface area contributed by atoms with Crippen LogP contribution in [0.3, 0.4) is 0 Å². The Balaban J connectivity index is 1.88. The van der Waals surface area contributed by atoms with Crippen LogP contribution in [0.2, 0.25) is 0 Å². The van der Waals surface area contributed by atoms with Crippen LogP contribution in [0.5, 0.6) is 0 Å². The molecule has 0 saturated heterocycles. The van der Waals surface area contributed by atoms with E-state index in [-0.39, 0.29) is 23.9 Å². The summed E-state index contributed by atoms with van der Waals surface area (Å²) in [6, 6.07) is 3.52. The van der Waals surface area contributed by atoms with E-state index in [9.17, 15) is 14.4 Å². The summed E-state index contributed by atoms with van der Waals surface area (Å²) in [5.41, 5.74) is 0.686. The minimum absolute atomic E-state index is 0.0888. The monoisotopic (exact) mass is 350 g/mol. The summed E-state index contributed by atoms with van der Waals surface area (Å²) < 4.78 is 9.95. The van der Waals surface area contributed by atoms with E-state index in [2.05, 4.69) is 10.5 Å². The molecule has 0 fully saturated rings. The number of ether oxygens (including phenoxy) is 1. The molecule has 0 bridgehead atoms. The van der Waals surface area contributed by atoms with Crippen LogP contribution in [-0.2, 0) is 16.0 Å². The molecule has 2 aromatic rings. The zero-order valence-electron chi connectivity index (χ0n) is 13.7. The number of aryl methyl sites for hydroxylation is 2. The zero-order chi connectivity index (χ0) is 17.7. The van der Waals surface area contributed by atoms with Crippen LogP contribution >= 0.6 is 11.3 Å². The molecular weight excluding hydrogens is 332 g/mol. The maximum absolute atomic E-state index is 12.1. The minimum Gasteiger partial charge on any atom is -0.454 e. The Bertz CT molecular complexity index is 743. The molecule has 1 N–H and O–H groups in total. The molecule has 8 heteroatoms. The molecule has 0 saturated carbocycles. The number of Topliss-reactive ketones (excluding diaryl/α,β-unsaturated/α-hetero) is 1. The maximum atomic E-state index is 12.1. The molecule has 0 radical (unpaired) electrons. The number of ketones is 1. The standard InChI is InChI=1S/C16H18N2O5S/c1-9-15(10(2)23-18-9)16(21)22-8-13(20)14-5-4-12(24-14)6-7-17-11(3)19/h4-5H,6-8H2,1-3H3,(H,17,19). The van der Waals surface area contributed by atoms with E-state index < -0.39 is 5.97 Å². The van der Waals surface area contributed by atoms with Gasteiger partial charge >= 0.3 is 5.97 Å². The van der Waals surface area contributed by atoms with Crippen LogP contribution < -0.4 is 5.32 Å². The lowest BCUT2D eigenvalue weighted by Crippen LogP contribution is -2.22. The van der Waals surface area contributed by atoms with Crippen molar-refractivity contribution in [2.75, 3.05) is 13.2 Å². The average molecular weight is 350 g/mol. The minimum atomic E-state index is -0.623. The van der Waals surface area contributed by atoms with Gasteiger partial charge in [0.05, 0.1) is 10.6 Å². The summed E-state index contributed by atoms with van der Waals surface area (Å²) in [5.74, 6) is -0.622. The van der Waals surface area contributed by atoms with Crippen LogP contribution in [0.25, 0.3) is 0 Å². The normalized spacial score (nSPS) is 10.5. The highest BCUT2D eigenvalue weighted by Crippen LogP contribution is 2.18. The predicted molar refractivity (Wildman–Crippen MR) is 87.3 cm³/mol. The number of rotatable bonds is 7.